The zero-order chi connectivity index (χ0) is 22.6. The molecule has 1 aliphatic rings. The molecule has 0 radical (unpaired) electrons. The monoisotopic (exact) mass is 433 g/mol. The summed E-state index contributed by atoms with van der Waals surface area (Å²) in [4.78, 5) is 33.4. The van der Waals surface area contributed by atoms with E-state index >= 15 is 0 Å². The van der Waals surface area contributed by atoms with E-state index in [2.05, 4.69) is 21.3 Å². The number of para-hydroxylation sites is 1. The number of hydrogen-bond donors (Lipinski definition) is 1. The maximum atomic E-state index is 12.7. The van der Waals surface area contributed by atoms with Crippen molar-refractivity contribution < 1.29 is 9.59 Å². The van der Waals surface area contributed by atoms with Crippen LogP contribution in [0.1, 0.15) is 50.5 Å². The summed E-state index contributed by atoms with van der Waals surface area (Å²) in [6, 6.07) is 15.3. The van der Waals surface area contributed by atoms with Gasteiger partial charge in [-0.1, -0.05) is 37.1 Å². The molecule has 0 saturated carbocycles. The Bertz CT molecular complexity index is 900. The minimum absolute atomic E-state index is 0.0955. The number of rotatable bonds is 9. The van der Waals surface area contributed by atoms with Crippen LogP contribution in [0.15, 0.2) is 48.7 Å². The maximum Gasteiger partial charge on any atom is 0.227 e. The lowest BCUT2D eigenvalue weighted by molar-refractivity contribution is -0.125. The number of nitrogens with one attached hydrogen (secondary N) is 1. The Labute approximate surface area is 190 Å². The Kier molecular flexibility index (Phi) is 9.05. The summed E-state index contributed by atoms with van der Waals surface area (Å²) >= 11 is 0. The molecule has 0 bridgehead atoms. The van der Waals surface area contributed by atoms with Crippen LogP contribution in [0.2, 0.25) is 0 Å². The number of nitriles is 1. The van der Waals surface area contributed by atoms with Crippen LogP contribution < -0.4 is 15.1 Å². The maximum absolute atomic E-state index is 12.7. The first-order valence-corrected chi connectivity index (χ1v) is 11.4. The van der Waals surface area contributed by atoms with E-state index in [0.29, 0.717) is 13.1 Å². The predicted molar refractivity (Wildman–Crippen MR) is 125 cm³/mol. The van der Waals surface area contributed by atoms with Crippen molar-refractivity contribution in [1.82, 2.24) is 10.3 Å². The van der Waals surface area contributed by atoms with Crippen molar-refractivity contribution in [2.45, 2.75) is 51.5 Å². The molecule has 1 fully saturated rings. The summed E-state index contributed by atoms with van der Waals surface area (Å²) in [5.74, 6) is 0.652. The van der Waals surface area contributed by atoms with Gasteiger partial charge in [0.15, 0.2) is 0 Å². The molecule has 1 saturated heterocycles. The molecule has 2 aromatic rings. The third-order valence-corrected chi connectivity index (χ3v) is 5.61. The molecule has 0 unspecified atom stereocenters. The van der Waals surface area contributed by atoms with Gasteiger partial charge in [-0.05, 0) is 36.6 Å². The minimum atomic E-state index is -0.178. The largest absolute Gasteiger partial charge is 0.357 e. The molecule has 0 aliphatic carbocycles. The summed E-state index contributed by atoms with van der Waals surface area (Å²) in [6.45, 7) is 2.80. The van der Waals surface area contributed by atoms with Gasteiger partial charge in [0, 0.05) is 50.9 Å². The molecular formula is C25H31N5O2. The summed E-state index contributed by atoms with van der Waals surface area (Å²) < 4.78 is 0. The van der Waals surface area contributed by atoms with Gasteiger partial charge in [-0.3, -0.25) is 9.59 Å². The Morgan fingerprint density at radius 3 is 2.44 bits per heavy atom. The lowest BCUT2D eigenvalue weighted by atomic mass is 10.2. The van der Waals surface area contributed by atoms with Gasteiger partial charge in [0.25, 0.3) is 0 Å². The molecule has 7 heteroatoms. The molecule has 168 valence electrons. The summed E-state index contributed by atoms with van der Waals surface area (Å²) in [5.41, 5.74) is 1.67. The molecule has 0 spiro atoms. The molecule has 2 amide bonds. The van der Waals surface area contributed by atoms with Crippen LogP contribution in [0.5, 0.6) is 0 Å². The summed E-state index contributed by atoms with van der Waals surface area (Å²) in [5, 5.41) is 11.8. The van der Waals surface area contributed by atoms with Gasteiger partial charge in [0.1, 0.15) is 5.82 Å². The Morgan fingerprint density at radius 1 is 1.03 bits per heavy atom. The summed E-state index contributed by atoms with van der Waals surface area (Å²) in [6.07, 6.45) is 7.23. The molecule has 1 aliphatic heterocycles. The topological polar surface area (TPSA) is 89.3 Å². The van der Waals surface area contributed by atoms with Gasteiger partial charge in [-0.15, -0.1) is 0 Å². The SMILES string of the molecule is N#CCCN(C(=O)CCC(=O)NCc1ccc(N2CCCCCC2)nc1)c1ccccc1. The molecule has 1 aromatic heterocycles. The van der Waals surface area contributed by atoms with Crippen LogP contribution in [0.25, 0.3) is 0 Å². The second-order valence-electron chi connectivity index (χ2n) is 7.99. The second-order valence-corrected chi connectivity index (χ2v) is 7.99. The number of amides is 2. The van der Waals surface area contributed by atoms with Gasteiger partial charge in [-0.25, -0.2) is 4.98 Å². The van der Waals surface area contributed by atoms with Crippen LogP contribution in [0, 0.1) is 11.3 Å². The highest BCUT2D eigenvalue weighted by Gasteiger charge is 2.17. The van der Waals surface area contributed by atoms with E-state index in [1.54, 1.807) is 4.90 Å². The highest BCUT2D eigenvalue weighted by molar-refractivity contribution is 5.95. The van der Waals surface area contributed by atoms with Gasteiger partial charge in [0.2, 0.25) is 11.8 Å². The van der Waals surface area contributed by atoms with Crippen LogP contribution in [-0.2, 0) is 16.1 Å². The van der Waals surface area contributed by atoms with Crippen LogP contribution in [0.3, 0.4) is 0 Å². The molecule has 1 aromatic carbocycles. The number of benzene rings is 1. The predicted octanol–water partition coefficient (Wildman–Crippen LogP) is 3.81. The molecule has 3 rings (SSSR count). The quantitative estimate of drug-likeness (QED) is 0.650. The lowest BCUT2D eigenvalue weighted by Crippen LogP contribution is -2.33. The van der Waals surface area contributed by atoms with E-state index in [9.17, 15) is 9.59 Å². The lowest BCUT2D eigenvalue weighted by Gasteiger charge is -2.22. The zero-order valence-corrected chi connectivity index (χ0v) is 18.5. The normalized spacial score (nSPS) is 13.7. The van der Waals surface area contributed by atoms with E-state index in [1.165, 1.54) is 25.7 Å². The smallest absolute Gasteiger partial charge is 0.227 e. The number of pyridine rings is 1. The molecule has 32 heavy (non-hydrogen) atoms. The highest BCUT2D eigenvalue weighted by Crippen LogP contribution is 2.18. The molecular weight excluding hydrogens is 402 g/mol. The average Bonchev–Trinajstić information content (AvgIpc) is 3.12. The van der Waals surface area contributed by atoms with Gasteiger partial charge in [-0.2, -0.15) is 5.26 Å². The minimum Gasteiger partial charge on any atom is -0.357 e. The number of carbonyl (C=O) groups is 2. The van der Waals surface area contributed by atoms with Crippen LogP contribution in [-0.4, -0.2) is 36.4 Å². The zero-order valence-electron chi connectivity index (χ0n) is 18.5. The van der Waals surface area contributed by atoms with E-state index < -0.39 is 0 Å². The molecule has 1 N–H and O–H groups in total. The van der Waals surface area contributed by atoms with Gasteiger partial charge >= 0.3 is 0 Å². The molecule has 7 nitrogen and oxygen atoms in total. The van der Waals surface area contributed by atoms with Crippen molar-refractivity contribution in [2.75, 3.05) is 29.4 Å². The van der Waals surface area contributed by atoms with Crippen LogP contribution in [0.4, 0.5) is 11.5 Å². The molecule has 2 heterocycles. The Hall–Kier alpha value is -3.40. The fourth-order valence-corrected chi connectivity index (χ4v) is 3.82. The number of hydrogen-bond acceptors (Lipinski definition) is 5. The second kappa shape index (κ2) is 12.5. The number of nitrogens with zero attached hydrogens (tertiary/aromatic N) is 4. The summed E-state index contributed by atoms with van der Waals surface area (Å²) in [7, 11) is 0. The first-order valence-electron chi connectivity index (χ1n) is 11.4. The fourth-order valence-electron chi connectivity index (χ4n) is 3.82. The molecule has 0 atom stereocenters. The van der Waals surface area contributed by atoms with Crippen molar-refractivity contribution >= 4 is 23.3 Å². The third-order valence-electron chi connectivity index (χ3n) is 5.61. The van der Waals surface area contributed by atoms with Crippen molar-refractivity contribution in [2.24, 2.45) is 0 Å². The first-order chi connectivity index (χ1) is 15.7. The Morgan fingerprint density at radius 2 is 1.78 bits per heavy atom. The van der Waals surface area contributed by atoms with Crippen molar-refractivity contribution in [3.8, 4) is 6.07 Å². The average molecular weight is 434 g/mol. The van der Waals surface area contributed by atoms with Crippen molar-refractivity contribution in [1.29, 1.82) is 5.26 Å². The number of aromatic nitrogens is 1. The fraction of sp³-hybridized carbons (Fsp3) is 0.440. The number of carbonyl (C=O) groups excluding carboxylic acids is 2. The van der Waals surface area contributed by atoms with Crippen LogP contribution >= 0.6 is 0 Å². The van der Waals surface area contributed by atoms with E-state index in [0.717, 1.165) is 30.2 Å². The van der Waals surface area contributed by atoms with E-state index in [-0.39, 0.29) is 31.1 Å². The standard InChI is InChI=1S/C25H31N5O2/c26-15-8-18-30(22-9-4-3-5-10-22)25(32)14-13-24(31)28-20-21-11-12-23(27-19-21)29-16-6-1-2-7-17-29/h3-5,9-12,19H,1-2,6-8,13-14,16-18,20H2,(H,28,31). The third kappa shape index (κ3) is 7.09. The van der Waals surface area contributed by atoms with Crippen molar-refractivity contribution in [3.05, 3.63) is 54.2 Å². The van der Waals surface area contributed by atoms with E-state index in [4.69, 9.17) is 5.26 Å². The first kappa shape index (κ1) is 23.3. The van der Waals surface area contributed by atoms with Gasteiger partial charge < -0.3 is 15.1 Å². The Balaban J connectivity index is 1.45. The van der Waals surface area contributed by atoms with Crippen molar-refractivity contribution in [3.63, 3.8) is 0 Å². The van der Waals surface area contributed by atoms with E-state index in [1.807, 2.05) is 48.7 Å². The van der Waals surface area contributed by atoms with Gasteiger partial charge in [0.05, 0.1) is 12.5 Å². The number of anilines is 2. The highest BCUT2D eigenvalue weighted by atomic mass is 16.2.